The van der Waals surface area contributed by atoms with Crippen LogP contribution < -0.4 is 5.73 Å². The lowest BCUT2D eigenvalue weighted by Gasteiger charge is -2.29. The van der Waals surface area contributed by atoms with E-state index in [0.29, 0.717) is 12.8 Å². The number of nitrogens with two attached hydrogens (primary N) is 1. The Labute approximate surface area is 119 Å². The van der Waals surface area contributed by atoms with Gasteiger partial charge in [-0.1, -0.05) is 19.9 Å². The quantitative estimate of drug-likeness (QED) is 0.749. The number of hydrogen-bond acceptors (Lipinski definition) is 4. The summed E-state index contributed by atoms with van der Waals surface area (Å²) in [5.74, 6) is -0.876. The van der Waals surface area contributed by atoms with E-state index < -0.39 is 20.7 Å². The summed E-state index contributed by atoms with van der Waals surface area (Å²) in [5.41, 5.74) is 5.49. The van der Waals surface area contributed by atoms with Gasteiger partial charge in [0, 0.05) is 12.6 Å². The van der Waals surface area contributed by atoms with Gasteiger partial charge in [0.25, 0.3) is 0 Å². The van der Waals surface area contributed by atoms with E-state index in [-0.39, 0.29) is 24.9 Å². The van der Waals surface area contributed by atoms with Gasteiger partial charge >= 0.3 is 0 Å². The summed E-state index contributed by atoms with van der Waals surface area (Å²) in [6.07, 6.45) is 1.15. The number of benzene rings is 1. The number of nitrogens with zero attached hydrogens (tertiary/aromatic N) is 1. The van der Waals surface area contributed by atoms with Crippen LogP contribution in [0.2, 0.25) is 0 Å². The molecule has 1 aromatic carbocycles. The normalized spacial score (nSPS) is 12.3. The molecule has 1 rings (SSSR count). The van der Waals surface area contributed by atoms with E-state index in [0.717, 1.165) is 10.4 Å². The van der Waals surface area contributed by atoms with E-state index in [1.54, 1.807) is 0 Å². The van der Waals surface area contributed by atoms with Crippen LogP contribution in [0, 0.1) is 5.82 Å². The second-order valence-electron chi connectivity index (χ2n) is 4.47. The first-order chi connectivity index (χ1) is 9.39. The van der Waals surface area contributed by atoms with Gasteiger partial charge in [-0.15, -0.1) is 0 Å². The average molecular weight is 304 g/mol. The second kappa shape index (κ2) is 7.01. The van der Waals surface area contributed by atoms with Gasteiger partial charge in [0.2, 0.25) is 10.0 Å². The Morgan fingerprint density at radius 3 is 2.40 bits per heavy atom. The molecule has 0 radical (unpaired) electrons. The third-order valence-corrected chi connectivity index (χ3v) is 5.28. The maximum absolute atomic E-state index is 13.9. The molecule has 1 aromatic rings. The zero-order valence-corrected chi connectivity index (χ0v) is 12.5. The zero-order chi connectivity index (χ0) is 15.3. The van der Waals surface area contributed by atoms with Crippen molar-refractivity contribution in [3.05, 3.63) is 24.0 Å². The van der Waals surface area contributed by atoms with Crippen molar-refractivity contribution in [2.75, 3.05) is 18.9 Å². The minimum Gasteiger partial charge on any atom is -0.398 e. The SMILES string of the molecule is CCC(CC)N(CCO)S(=O)(=O)c1c(N)cccc1F. The number of rotatable bonds is 7. The van der Waals surface area contributed by atoms with E-state index in [1.807, 2.05) is 13.8 Å². The molecule has 0 aromatic heterocycles. The van der Waals surface area contributed by atoms with Crippen molar-refractivity contribution in [3.8, 4) is 0 Å². The van der Waals surface area contributed by atoms with Crippen LogP contribution in [0.3, 0.4) is 0 Å². The molecule has 7 heteroatoms. The molecule has 0 heterocycles. The minimum absolute atomic E-state index is 0.0809. The Bertz CT molecular complexity index is 524. The molecule has 0 aliphatic heterocycles. The number of aliphatic hydroxyl groups is 1. The summed E-state index contributed by atoms with van der Waals surface area (Å²) < 4.78 is 40.2. The fourth-order valence-corrected chi connectivity index (χ4v) is 4.14. The molecule has 5 nitrogen and oxygen atoms in total. The molecule has 0 fully saturated rings. The third-order valence-electron chi connectivity index (χ3n) is 3.23. The molecule has 0 spiro atoms. The molecule has 0 saturated heterocycles. The van der Waals surface area contributed by atoms with Crippen LogP contribution >= 0.6 is 0 Å². The van der Waals surface area contributed by atoms with Crippen LogP contribution in [0.1, 0.15) is 26.7 Å². The van der Waals surface area contributed by atoms with Gasteiger partial charge in [0.1, 0.15) is 10.7 Å². The maximum atomic E-state index is 13.9. The molecule has 3 N–H and O–H groups in total. The lowest BCUT2D eigenvalue weighted by Crippen LogP contribution is -2.42. The Morgan fingerprint density at radius 2 is 1.95 bits per heavy atom. The number of halogens is 1. The molecular weight excluding hydrogens is 283 g/mol. The van der Waals surface area contributed by atoms with Gasteiger partial charge < -0.3 is 10.8 Å². The van der Waals surface area contributed by atoms with Crippen molar-refractivity contribution in [1.29, 1.82) is 0 Å². The van der Waals surface area contributed by atoms with Crippen molar-refractivity contribution >= 4 is 15.7 Å². The fraction of sp³-hybridized carbons (Fsp3) is 0.538. The Morgan fingerprint density at radius 1 is 1.35 bits per heavy atom. The predicted octanol–water partition coefficient (Wildman–Crippen LogP) is 1.58. The zero-order valence-electron chi connectivity index (χ0n) is 11.7. The van der Waals surface area contributed by atoms with Gasteiger partial charge in [-0.2, -0.15) is 4.31 Å². The van der Waals surface area contributed by atoms with Crippen LogP contribution in [0.15, 0.2) is 23.1 Å². The topological polar surface area (TPSA) is 83.6 Å². The lowest BCUT2D eigenvalue weighted by atomic mass is 10.2. The van der Waals surface area contributed by atoms with Crippen LogP contribution in [0.5, 0.6) is 0 Å². The van der Waals surface area contributed by atoms with E-state index in [9.17, 15) is 12.8 Å². The van der Waals surface area contributed by atoms with E-state index in [1.165, 1.54) is 12.1 Å². The van der Waals surface area contributed by atoms with Crippen molar-refractivity contribution < 1.29 is 17.9 Å². The number of anilines is 1. The maximum Gasteiger partial charge on any atom is 0.248 e. The molecule has 20 heavy (non-hydrogen) atoms. The molecule has 0 aliphatic carbocycles. The molecule has 0 amide bonds. The highest BCUT2D eigenvalue weighted by atomic mass is 32.2. The predicted molar refractivity (Wildman–Crippen MR) is 76.2 cm³/mol. The molecule has 0 saturated carbocycles. The number of hydrogen-bond donors (Lipinski definition) is 2. The number of nitrogen functional groups attached to an aromatic ring is 1. The molecule has 0 bridgehead atoms. The van der Waals surface area contributed by atoms with Crippen LogP contribution in [0.4, 0.5) is 10.1 Å². The summed E-state index contributed by atoms with van der Waals surface area (Å²) in [6, 6.07) is 3.47. The molecular formula is C13H21FN2O3S. The van der Waals surface area contributed by atoms with Gasteiger partial charge in [-0.05, 0) is 25.0 Å². The fourth-order valence-electron chi connectivity index (χ4n) is 2.21. The Kier molecular flexibility index (Phi) is 5.91. The van der Waals surface area contributed by atoms with Gasteiger partial charge in [-0.25, -0.2) is 12.8 Å². The largest absolute Gasteiger partial charge is 0.398 e. The van der Waals surface area contributed by atoms with Crippen molar-refractivity contribution in [3.63, 3.8) is 0 Å². The van der Waals surface area contributed by atoms with E-state index in [2.05, 4.69) is 0 Å². The Balaban J connectivity index is 3.37. The smallest absolute Gasteiger partial charge is 0.248 e. The van der Waals surface area contributed by atoms with Gasteiger partial charge in [-0.3, -0.25) is 0 Å². The van der Waals surface area contributed by atoms with Gasteiger partial charge in [0.15, 0.2) is 0 Å². The Hall–Kier alpha value is -1.18. The van der Waals surface area contributed by atoms with E-state index >= 15 is 0 Å². The molecule has 0 atom stereocenters. The van der Waals surface area contributed by atoms with E-state index in [4.69, 9.17) is 10.8 Å². The number of aliphatic hydroxyl groups excluding tert-OH is 1. The summed E-state index contributed by atoms with van der Waals surface area (Å²) in [5, 5.41) is 9.09. The standard InChI is InChI=1S/C13H21FN2O3S/c1-3-10(4-2)16(8-9-17)20(18,19)13-11(14)6-5-7-12(13)15/h5-7,10,17H,3-4,8-9,15H2,1-2H3. The number of sulfonamides is 1. The van der Waals surface area contributed by atoms with Crippen LogP contribution in [-0.2, 0) is 10.0 Å². The highest BCUT2D eigenvalue weighted by molar-refractivity contribution is 7.89. The average Bonchev–Trinajstić information content (AvgIpc) is 2.38. The monoisotopic (exact) mass is 304 g/mol. The highest BCUT2D eigenvalue weighted by Crippen LogP contribution is 2.27. The first kappa shape index (κ1) is 16.9. The first-order valence-corrected chi connectivity index (χ1v) is 8.00. The van der Waals surface area contributed by atoms with Gasteiger partial charge in [0.05, 0.1) is 12.3 Å². The summed E-state index contributed by atoms with van der Waals surface area (Å²) in [7, 11) is -4.07. The molecule has 114 valence electrons. The summed E-state index contributed by atoms with van der Waals surface area (Å²) in [6.45, 7) is 3.28. The molecule has 0 unspecified atom stereocenters. The van der Waals surface area contributed by atoms with Crippen LogP contribution in [0.25, 0.3) is 0 Å². The first-order valence-electron chi connectivity index (χ1n) is 6.56. The van der Waals surface area contributed by atoms with Crippen molar-refractivity contribution in [1.82, 2.24) is 4.31 Å². The highest BCUT2D eigenvalue weighted by Gasteiger charge is 2.33. The molecule has 0 aliphatic rings. The van der Waals surface area contributed by atoms with Crippen molar-refractivity contribution in [2.45, 2.75) is 37.6 Å². The second-order valence-corrected chi connectivity index (χ2v) is 6.30. The van der Waals surface area contributed by atoms with Crippen molar-refractivity contribution in [2.24, 2.45) is 0 Å². The van der Waals surface area contributed by atoms with Crippen LogP contribution in [-0.4, -0.2) is 37.0 Å². The summed E-state index contributed by atoms with van der Waals surface area (Å²) in [4.78, 5) is -0.514. The third kappa shape index (κ3) is 3.28. The lowest BCUT2D eigenvalue weighted by molar-refractivity contribution is 0.219. The minimum atomic E-state index is -4.07. The summed E-state index contributed by atoms with van der Waals surface area (Å²) >= 11 is 0.